The summed E-state index contributed by atoms with van der Waals surface area (Å²) in [7, 11) is 0. The summed E-state index contributed by atoms with van der Waals surface area (Å²) in [6.07, 6.45) is 0. The molecular weight excluding hydrogens is 288 g/mol. The molecule has 0 aliphatic carbocycles. The Hall–Kier alpha value is -2.29. The van der Waals surface area contributed by atoms with Gasteiger partial charge in [0, 0.05) is 0 Å². The third kappa shape index (κ3) is 4.35. The molecule has 0 spiro atoms. The molecule has 0 amide bonds. The molecule has 0 saturated carbocycles. The number of para-hydroxylation sites is 1. The Morgan fingerprint density at radius 2 is 1.70 bits per heavy atom. The maximum absolute atomic E-state index is 12.1. The molecule has 0 unspecified atom stereocenters. The van der Waals surface area contributed by atoms with Crippen LogP contribution in [0.1, 0.15) is 42.0 Å². The zero-order chi connectivity index (χ0) is 17.0. The second-order valence-corrected chi connectivity index (χ2v) is 6.18. The number of rotatable bonds is 5. The third-order valence-corrected chi connectivity index (χ3v) is 3.76. The minimum absolute atomic E-state index is 0.100. The van der Waals surface area contributed by atoms with Crippen LogP contribution in [0.15, 0.2) is 36.4 Å². The fourth-order valence-corrected chi connectivity index (χ4v) is 2.48. The molecule has 0 aliphatic heterocycles. The summed E-state index contributed by atoms with van der Waals surface area (Å²) in [6.45, 7) is 9.96. The molecule has 0 heterocycles. The van der Waals surface area contributed by atoms with E-state index in [0.29, 0.717) is 11.7 Å². The Bertz CT molecular complexity index is 682. The van der Waals surface area contributed by atoms with E-state index in [1.54, 1.807) is 0 Å². The van der Waals surface area contributed by atoms with Crippen molar-refractivity contribution >= 4 is 5.97 Å². The molecule has 0 N–H and O–H groups in total. The fraction of sp³-hybridized carbons (Fsp3) is 0.350. The smallest absolute Gasteiger partial charge is 0.349 e. The molecular formula is C20H24O3. The van der Waals surface area contributed by atoms with Crippen LogP contribution in [-0.4, -0.2) is 12.6 Å². The molecule has 0 bridgehead atoms. The average molecular weight is 312 g/mol. The van der Waals surface area contributed by atoms with Gasteiger partial charge in [-0.3, -0.25) is 0 Å². The molecule has 0 atom stereocenters. The SMILES string of the molecule is Cc1ccc(C(C)C)c(OCC(=O)Oc2c(C)cccc2C)c1. The summed E-state index contributed by atoms with van der Waals surface area (Å²) in [5, 5.41) is 0. The Morgan fingerprint density at radius 3 is 2.30 bits per heavy atom. The second kappa shape index (κ2) is 7.32. The normalized spacial score (nSPS) is 10.7. The molecule has 3 heteroatoms. The van der Waals surface area contributed by atoms with Crippen LogP contribution < -0.4 is 9.47 Å². The molecule has 0 fully saturated rings. The first-order valence-corrected chi connectivity index (χ1v) is 7.88. The lowest BCUT2D eigenvalue weighted by molar-refractivity contribution is -0.136. The largest absolute Gasteiger partial charge is 0.482 e. The van der Waals surface area contributed by atoms with E-state index in [4.69, 9.17) is 9.47 Å². The Balaban J connectivity index is 2.07. The molecule has 0 radical (unpaired) electrons. The number of hydrogen-bond acceptors (Lipinski definition) is 3. The van der Waals surface area contributed by atoms with Crippen molar-refractivity contribution in [1.82, 2.24) is 0 Å². The van der Waals surface area contributed by atoms with E-state index in [9.17, 15) is 4.79 Å². The van der Waals surface area contributed by atoms with Crippen LogP contribution in [0.5, 0.6) is 11.5 Å². The van der Waals surface area contributed by atoms with Gasteiger partial charge < -0.3 is 9.47 Å². The molecule has 2 aromatic carbocycles. The van der Waals surface area contributed by atoms with Gasteiger partial charge in [0.15, 0.2) is 6.61 Å². The van der Waals surface area contributed by atoms with Crippen LogP contribution in [-0.2, 0) is 4.79 Å². The lowest BCUT2D eigenvalue weighted by Gasteiger charge is -2.15. The quantitative estimate of drug-likeness (QED) is 0.592. The summed E-state index contributed by atoms with van der Waals surface area (Å²) in [4.78, 5) is 12.1. The molecule has 3 nitrogen and oxygen atoms in total. The van der Waals surface area contributed by atoms with E-state index in [1.807, 2.05) is 51.1 Å². The maximum Gasteiger partial charge on any atom is 0.349 e. The lowest BCUT2D eigenvalue weighted by Crippen LogP contribution is -2.19. The van der Waals surface area contributed by atoms with Gasteiger partial charge in [-0.15, -0.1) is 0 Å². The van der Waals surface area contributed by atoms with E-state index >= 15 is 0 Å². The number of carbonyl (C=O) groups is 1. The van der Waals surface area contributed by atoms with E-state index in [0.717, 1.165) is 28.0 Å². The van der Waals surface area contributed by atoms with E-state index in [-0.39, 0.29) is 6.61 Å². The zero-order valence-electron chi connectivity index (χ0n) is 14.5. The number of esters is 1. The predicted molar refractivity (Wildman–Crippen MR) is 92.3 cm³/mol. The number of ether oxygens (including phenoxy) is 2. The maximum atomic E-state index is 12.1. The first-order valence-electron chi connectivity index (χ1n) is 7.88. The topological polar surface area (TPSA) is 35.5 Å². The number of aryl methyl sites for hydroxylation is 3. The average Bonchev–Trinajstić information content (AvgIpc) is 2.49. The van der Waals surface area contributed by atoms with Gasteiger partial charge in [-0.05, 0) is 55.0 Å². The fourth-order valence-electron chi connectivity index (χ4n) is 2.48. The molecule has 2 rings (SSSR count). The molecule has 0 aromatic heterocycles. The van der Waals surface area contributed by atoms with Gasteiger partial charge in [0.2, 0.25) is 0 Å². The van der Waals surface area contributed by atoms with Crippen molar-refractivity contribution in [2.75, 3.05) is 6.61 Å². The highest BCUT2D eigenvalue weighted by atomic mass is 16.6. The Kier molecular flexibility index (Phi) is 5.43. The minimum atomic E-state index is -0.390. The Morgan fingerprint density at radius 1 is 1.04 bits per heavy atom. The second-order valence-electron chi connectivity index (χ2n) is 6.18. The van der Waals surface area contributed by atoms with Gasteiger partial charge in [0.05, 0.1) is 0 Å². The van der Waals surface area contributed by atoms with E-state index in [1.165, 1.54) is 0 Å². The summed E-state index contributed by atoms with van der Waals surface area (Å²) in [5.41, 5.74) is 4.08. The summed E-state index contributed by atoms with van der Waals surface area (Å²) in [5.74, 6) is 1.31. The highest BCUT2D eigenvalue weighted by Crippen LogP contribution is 2.28. The van der Waals surface area contributed by atoms with Crippen LogP contribution in [0, 0.1) is 20.8 Å². The number of carbonyl (C=O) groups excluding carboxylic acids is 1. The first kappa shape index (κ1) is 17.1. The van der Waals surface area contributed by atoms with Crippen LogP contribution >= 0.6 is 0 Å². The van der Waals surface area contributed by atoms with Crippen molar-refractivity contribution in [1.29, 1.82) is 0 Å². The monoisotopic (exact) mass is 312 g/mol. The summed E-state index contributed by atoms with van der Waals surface area (Å²) >= 11 is 0. The zero-order valence-corrected chi connectivity index (χ0v) is 14.5. The minimum Gasteiger partial charge on any atom is -0.482 e. The third-order valence-electron chi connectivity index (χ3n) is 3.76. The standard InChI is InChI=1S/C20H24O3/c1-13(2)17-10-9-14(3)11-18(17)22-12-19(21)23-20-15(4)7-6-8-16(20)5/h6-11,13H,12H2,1-5H3. The van der Waals surface area contributed by atoms with Crippen molar-refractivity contribution in [3.63, 3.8) is 0 Å². The van der Waals surface area contributed by atoms with Gasteiger partial charge in [-0.2, -0.15) is 0 Å². The van der Waals surface area contributed by atoms with E-state index in [2.05, 4.69) is 19.9 Å². The highest BCUT2D eigenvalue weighted by molar-refractivity contribution is 5.75. The number of hydrogen-bond donors (Lipinski definition) is 0. The van der Waals surface area contributed by atoms with Gasteiger partial charge in [-0.25, -0.2) is 4.79 Å². The first-order chi connectivity index (χ1) is 10.9. The molecule has 122 valence electrons. The predicted octanol–water partition coefficient (Wildman–Crippen LogP) is 4.72. The van der Waals surface area contributed by atoms with Crippen molar-refractivity contribution in [2.45, 2.75) is 40.5 Å². The molecule has 23 heavy (non-hydrogen) atoms. The van der Waals surface area contributed by atoms with Crippen molar-refractivity contribution in [2.24, 2.45) is 0 Å². The van der Waals surface area contributed by atoms with Crippen molar-refractivity contribution in [3.8, 4) is 11.5 Å². The molecule has 2 aromatic rings. The van der Waals surface area contributed by atoms with Gasteiger partial charge in [0.1, 0.15) is 11.5 Å². The van der Waals surface area contributed by atoms with Gasteiger partial charge >= 0.3 is 5.97 Å². The van der Waals surface area contributed by atoms with Crippen LogP contribution in [0.4, 0.5) is 0 Å². The Labute approximate surface area is 138 Å². The highest BCUT2D eigenvalue weighted by Gasteiger charge is 2.13. The van der Waals surface area contributed by atoms with Gasteiger partial charge in [-0.1, -0.05) is 44.2 Å². The van der Waals surface area contributed by atoms with Crippen molar-refractivity contribution in [3.05, 3.63) is 58.7 Å². The van der Waals surface area contributed by atoms with Crippen LogP contribution in [0.25, 0.3) is 0 Å². The number of benzene rings is 2. The van der Waals surface area contributed by atoms with Crippen LogP contribution in [0.2, 0.25) is 0 Å². The van der Waals surface area contributed by atoms with E-state index < -0.39 is 5.97 Å². The van der Waals surface area contributed by atoms with Crippen LogP contribution in [0.3, 0.4) is 0 Å². The molecule has 0 aliphatic rings. The molecule has 0 saturated heterocycles. The van der Waals surface area contributed by atoms with Crippen molar-refractivity contribution < 1.29 is 14.3 Å². The summed E-state index contributed by atoms with van der Waals surface area (Å²) in [6, 6.07) is 11.9. The van der Waals surface area contributed by atoms with Gasteiger partial charge in [0.25, 0.3) is 0 Å². The lowest BCUT2D eigenvalue weighted by atomic mass is 10.0. The summed E-state index contributed by atoms with van der Waals surface area (Å²) < 4.78 is 11.2.